The molecular formula is C19H19NO2S. The van der Waals surface area contributed by atoms with Gasteiger partial charge in [0.05, 0.1) is 5.75 Å². The molecule has 0 N–H and O–H groups in total. The number of para-hydroxylation sites is 1. The number of rotatable bonds is 4. The van der Waals surface area contributed by atoms with Crippen LogP contribution in [0.4, 0.5) is 0 Å². The van der Waals surface area contributed by atoms with Gasteiger partial charge in [-0.2, -0.15) is 0 Å². The lowest BCUT2D eigenvalue weighted by atomic mass is 10.1. The highest BCUT2D eigenvalue weighted by atomic mass is 32.2. The molecule has 2 aromatic carbocycles. The van der Waals surface area contributed by atoms with Gasteiger partial charge in [-0.05, 0) is 36.6 Å². The van der Waals surface area contributed by atoms with Crippen molar-refractivity contribution in [2.24, 2.45) is 0 Å². The van der Waals surface area contributed by atoms with Crippen LogP contribution in [0.3, 0.4) is 0 Å². The molecule has 3 aromatic rings. The van der Waals surface area contributed by atoms with E-state index in [1.807, 2.05) is 29.2 Å². The average Bonchev–Trinajstić information content (AvgIpc) is 3.22. The number of amides is 1. The van der Waals surface area contributed by atoms with Gasteiger partial charge in [0.2, 0.25) is 5.91 Å². The molecule has 1 aliphatic heterocycles. The molecule has 0 aliphatic carbocycles. The van der Waals surface area contributed by atoms with Crippen LogP contribution in [-0.4, -0.2) is 29.6 Å². The van der Waals surface area contributed by atoms with Crippen molar-refractivity contribution in [3.05, 3.63) is 48.0 Å². The molecule has 4 heteroatoms. The molecule has 0 radical (unpaired) electrons. The third-order valence-electron chi connectivity index (χ3n) is 4.39. The minimum absolute atomic E-state index is 0.280. The van der Waals surface area contributed by atoms with Crippen LogP contribution in [0, 0.1) is 0 Å². The molecule has 0 atom stereocenters. The minimum atomic E-state index is 0.280. The highest BCUT2D eigenvalue weighted by Crippen LogP contribution is 2.30. The van der Waals surface area contributed by atoms with Gasteiger partial charge in [0.1, 0.15) is 11.2 Å². The van der Waals surface area contributed by atoms with Crippen LogP contribution in [-0.2, 0) is 10.5 Å². The summed E-state index contributed by atoms with van der Waals surface area (Å²) in [5, 5.41) is 2.31. The van der Waals surface area contributed by atoms with E-state index in [9.17, 15) is 4.79 Å². The largest absolute Gasteiger partial charge is 0.456 e. The number of carbonyl (C=O) groups is 1. The number of nitrogens with zero attached hydrogens (tertiary/aromatic N) is 1. The summed E-state index contributed by atoms with van der Waals surface area (Å²) >= 11 is 1.70. The maximum Gasteiger partial charge on any atom is 0.232 e. The van der Waals surface area contributed by atoms with E-state index in [1.54, 1.807) is 11.8 Å². The fourth-order valence-corrected chi connectivity index (χ4v) is 4.05. The van der Waals surface area contributed by atoms with E-state index in [2.05, 4.69) is 18.2 Å². The lowest BCUT2D eigenvalue weighted by Crippen LogP contribution is -2.29. The predicted molar refractivity (Wildman–Crippen MR) is 95.7 cm³/mol. The fourth-order valence-electron chi connectivity index (χ4n) is 3.18. The first-order chi connectivity index (χ1) is 11.3. The molecule has 2 heterocycles. The number of thioether (sulfide) groups is 1. The van der Waals surface area contributed by atoms with Crippen LogP contribution in [0.1, 0.15) is 18.4 Å². The summed E-state index contributed by atoms with van der Waals surface area (Å²) < 4.78 is 5.85. The standard InChI is InChI=1S/C19H19NO2S/c21-19(20-9-3-4-10-20)13-23-12-14-7-8-18-16(11-14)15-5-1-2-6-17(15)22-18/h1-2,5-8,11H,3-4,9-10,12-13H2. The van der Waals surface area contributed by atoms with Crippen molar-refractivity contribution in [2.75, 3.05) is 18.8 Å². The first kappa shape index (κ1) is 14.6. The molecule has 0 spiro atoms. The number of benzene rings is 2. The van der Waals surface area contributed by atoms with Crippen molar-refractivity contribution in [3.63, 3.8) is 0 Å². The van der Waals surface area contributed by atoms with Crippen molar-refractivity contribution in [1.29, 1.82) is 0 Å². The summed E-state index contributed by atoms with van der Waals surface area (Å²) in [6.45, 7) is 1.87. The molecule has 0 bridgehead atoms. The molecule has 23 heavy (non-hydrogen) atoms. The van der Waals surface area contributed by atoms with E-state index < -0.39 is 0 Å². The second-order valence-electron chi connectivity index (χ2n) is 6.01. The Morgan fingerprint density at radius 1 is 1.04 bits per heavy atom. The second kappa shape index (κ2) is 6.28. The van der Waals surface area contributed by atoms with Gasteiger partial charge in [0.15, 0.2) is 0 Å². The Morgan fingerprint density at radius 3 is 2.70 bits per heavy atom. The van der Waals surface area contributed by atoms with E-state index in [4.69, 9.17) is 4.42 Å². The first-order valence-electron chi connectivity index (χ1n) is 8.07. The van der Waals surface area contributed by atoms with Crippen LogP contribution in [0.25, 0.3) is 21.9 Å². The van der Waals surface area contributed by atoms with Gasteiger partial charge < -0.3 is 9.32 Å². The number of hydrogen-bond acceptors (Lipinski definition) is 3. The highest BCUT2D eigenvalue weighted by Gasteiger charge is 2.17. The summed E-state index contributed by atoms with van der Waals surface area (Å²) in [6.07, 6.45) is 2.31. The molecule has 1 fully saturated rings. The van der Waals surface area contributed by atoms with Crippen LogP contribution in [0.15, 0.2) is 46.9 Å². The maximum absolute atomic E-state index is 12.1. The Bertz CT molecular complexity index is 849. The monoisotopic (exact) mass is 325 g/mol. The number of fused-ring (bicyclic) bond motifs is 3. The lowest BCUT2D eigenvalue weighted by Gasteiger charge is -2.14. The Hall–Kier alpha value is -1.94. The van der Waals surface area contributed by atoms with Crippen molar-refractivity contribution < 1.29 is 9.21 Å². The summed E-state index contributed by atoms with van der Waals surface area (Å²) in [5.74, 6) is 1.71. The Labute approximate surface area is 139 Å². The molecule has 1 aliphatic rings. The van der Waals surface area contributed by atoms with E-state index >= 15 is 0 Å². The summed E-state index contributed by atoms with van der Waals surface area (Å²) in [7, 11) is 0. The zero-order valence-corrected chi connectivity index (χ0v) is 13.8. The van der Waals surface area contributed by atoms with E-state index in [1.165, 1.54) is 5.56 Å². The van der Waals surface area contributed by atoms with E-state index in [0.717, 1.165) is 53.6 Å². The van der Waals surface area contributed by atoms with Gasteiger partial charge in [0.25, 0.3) is 0 Å². The molecule has 1 saturated heterocycles. The first-order valence-corrected chi connectivity index (χ1v) is 9.22. The van der Waals surface area contributed by atoms with Gasteiger partial charge in [-0.3, -0.25) is 4.79 Å². The van der Waals surface area contributed by atoms with Crippen LogP contribution < -0.4 is 0 Å². The molecule has 118 valence electrons. The Morgan fingerprint density at radius 2 is 1.83 bits per heavy atom. The van der Waals surface area contributed by atoms with Crippen molar-refractivity contribution in [3.8, 4) is 0 Å². The molecular weight excluding hydrogens is 306 g/mol. The van der Waals surface area contributed by atoms with E-state index in [0.29, 0.717) is 5.75 Å². The number of carbonyl (C=O) groups excluding carboxylic acids is 1. The smallest absolute Gasteiger partial charge is 0.232 e. The molecule has 3 nitrogen and oxygen atoms in total. The average molecular weight is 325 g/mol. The third-order valence-corrected chi connectivity index (χ3v) is 5.38. The minimum Gasteiger partial charge on any atom is -0.456 e. The Kier molecular flexibility index (Phi) is 4.00. The normalized spacial score (nSPS) is 14.9. The highest BCUT2D eigenvalue weighted by molar-refractivity contribution is 7.99. The fraction of sp³-hybridized carbons (Fsp3) is 0.316. The van der Waals surface area contributed by atoms with Gasteiger partial charge in [-0.1, -0.05) is 24.3 Å². The number of hydrogen-bond donors (Lipinski definition) is 0. The van der Waals surface area contributed by atoms with Crippen LogP contribution >= 0.6 is 11.8 Å². The van der Waals surface area contributed by atoms with Gasteiger partial charge in [0, 0.05) is 29.6 Å². The summed E-state index contributed by atoms with van der Waals surface area (Å²) in [6, 6.07) is 14.4. The molecule has 0 unspecified atom stereocenters. The predicted octanol–water partition coefficient (Wildman–Crippen LogP) is 4.44. The maximum atomic E-state index is 12.1. The van der Waals surface area contributed by atoms with Gasteiger partial charge in [-0.25, -0.2) is 0 Å². The van der Waals surface area contributed by atoms with Crippen molar-refractivity contribution in [2.45, 2.75) is 18.6 Å². The molecule has 1 amide bonds. The van der Waals surface area contributed by atoms with E-state index in [-0.39, 0.29) is 5.91 Å². The summed E-state index contributed by atoms with van der Waals surface area (Å²) in [4.78, 5) is 14.1. The third kappa shape index (κ3) is 2.95. The van der Waals surface area contributed by atoms with Gasteiger partial charge in [-0.15, -0.1) is 11.8 Å². The number of likely N-dealkylation sites (tertiary alicyclic amines) is 1. The SMILES string of the molecule is O=C(CSCc1ccc2oc3ccccc3c2c1)N1CCCC1. The van der Waals surface area contributed by atoms with Crippen molar-refractivity contribution in [1.82, 2.24) is 4.90 Å². The zero-order chi connectivity index (χ0) is 15.6. The number of furan rings is 1. The lowest BCUT2D eigenvalue weighted by molar-refractivity contribution is -0.127. The van der Waals surface area contributed by atoms with Crippen molar-refractivity contribution >= 4 is 39.6 Å². The molecule has 1 aromatic heterocycles. The molecule has 0 saturated carbocycles. The van der Waals surface area contributed by atoms with Crippen LogP contribution in [0.2, 0.25) is 0 Å². The second-order valence-corrected chi connectivity index (χ2v) is 7.00. The Balaban J connectivity index is 1.46. The molecule has 4 rings (SSSR count). The quantitative estimate of drug-likeness (QED) is 0.711. The summed E-state index contributed by atoms with van der Waals surface area (Å²) in [5.41, 5.74) is 3.09. The topological polar surface area (TPSA) is 33.5 Å². The zero-order valence-electron chi connectivity index (χ0n) is 13.0. The van der Waals surface area contributed by atoms with Crippen LogP contribution in [0.5, 0.6) is 0 Å². The van der Waals surface area contributed by atoms with Gasteiger partial charge >= 0.3 is 0 Å².